The number of carbonyl (C=O) groups excluding carboxylic acids is 2. The molecule has 33 heavy (non-hydrogen) atoms. The standard InChI is InChI=1S/C26H33NO6/c1-6-7-8-9-23(29)27-21-13-10-17-14-22(30-3)25(31-4)26(32-5)24(17)19-12-11-18(15-20(19)21)33-16(2)28/h11-12,14-15,21H,6-10,13H2,1-5H3,(H,27,29). The molecule has 0 spiro atoms. The van der Waals surface area contributed by atoms with Crippen molar-refractivity contribution in [1.82, 2.24) is 5.32 Å². The third-order valence-corrected chi connectivity index (χ3v) is 5.89. The molecule has 0 radical (unpaired) electrons. The monoisotopic (exact) mass is 455 g/mol. The molecule has 0 heterocycles. The highest BCUT2D eigenvalue weighted by Crippen LogP contribution is 2.50. The highest BCUT2D eigenvalue weighted by atomic mass is 16.5. The van der Waals surface area contributed by atoms with Crippen molar-refractivity contribution in [2.24, 2.45) is 0 Å². The van der Waals surface area contributed by atoms with Crippen LogP contribution in [0.1, 0.15) is 63.1 Å². The zero-order valence-electron chi connectivity index (χ0n) is 20.1. The molecule has 1 N–H and O–H groups in total. The Balaban J connectivity index is 2.13. The molecule has 1 atom stereocenters. The van der Waals surface area contributed by atoms with Gasteiger partial charge in [-0.15, -0.1) is 0 Å². The number of ether oxygens (including phenoxy) is 4. The average molecular weight is 456 g/mol. The van der Waals surface area contributed by atoms with E-state index >= 15 is 0 Å². The van der Waals surface area contributed by atoms with Crippen molar-refractivity contribution in [1.29, 1.82) is 0 Å². The quantitative estimate of drug-likeness (QED) is 0.326. The lowest BCUT2D eigenvalue weighted by atomic mass is 9.93. The topological polar surface area (TPSA) is 83.1 Å². The summed E-state index contributed by atoms with van der Waals surface area (Å²) in [4.78, 5) is 24.3. The molecule has 0 fully saturated rings. The second-order valence-electron chi connectivity index (χ2n) is 8.14. The Kier molecular flexibility index (Phi) is 8.20. The Hall–Kier alpha value is -3.22. The van der Waals surface area contributed by atoms with Crippen molar-refractivity contribution in [2.45, 2.75) is 58.4 Å². The minimum atomic E-state index is -0.395. The summed E-state index contributed by atoms with van der Waals surface area (Å²) in [6, 6.07) is 7.22. The maximum Gasteiger partial charge on any atom is 0.308 e. The second-order valence-corrected chi connectivity index (χ2v) is 8.14. The molecule has 7 heteroatoms. The van der Waals surface area contributed by atoms with E-state index in [9.17, 15) is 9.59 Å². The predicted octanol–water partition coefficient (Wildman–Crippen LogP) is 4.99. The molecule has 1 aliphatic carbocycles. The Morgan fingerprint density at radius 1 is 1.03 bits per heavy atom. The van der Waals surface area contributed by atoms with Crippen molar-refractivity contribution in [2.75, 3.05) is 21.3 Å². The Bertz CT molecular complexity index is 1020. The molecule has 1 unspecified atom stereocenters. The number of benzene rings is 2. The summed E-state index contributed by atoms with van der Waals surface area (Å²) in [6.45, 7) is 3.48. The third kappa shape index (κ3) is 5.41. The lowest BCUT2D eigenvalue weighted by Crippen LogP contribution is -2.28. The molecule has 2 aromatic carbocycles. The molecule has 2 aromatic rings. The van der Waals surface area contributed by atoms with Crippen LogP contribution in [-0.4, -0.2) is 33.2 Å². The van der Waals surface area contributed by atoms with Gasteiger partial charge >= 0.3 is 5.97 Å². The van der Waals surface area contributed by atoms with Gasteiger partial charge in [0.05, 0.1) is 27.4 Å². The predicted molar refractivity (Wildman–Crippen MR) is 126 cm³/mol. The molecule has 0 saturated carbocycles. The third-order valence-electron chi connectivity index (χ3n) is 5.89. The summed E-state index contributed by atoms with van der Waals surface area (Å²) in [7, 11) is 4.77. The number of aryl methyl sites for hydroxylation is 1. The van der Waals surface area contributed by atoms with E-state index in [0.29, 0.717) is 42.3 Å². The maximum atomic E-state index is 12.7. The van der Waals surface area contributed by atoms with Gasteiger partial charge in [-0.1, -0.05) is 25.8 Å². The summed E-state index contributed by atoms with van der Waals surface area (Å²) in [5.41, 5.74) is 3.70. The van der Waals surface area contributed by atoms with Crippen molar-refractivity contribution in [3.8, 4) is 34.1 Å². The van der Waals surface area contributed by atoms with E-state index in [1.54, 1.807) is 27.4 Å². The first-order valence-corrected chi connectivity index (χ1v) is 11.4. The number of carbonyl (C=O) groups is 2. The number of fused-ring (bicyclic) bond motifs is 3. The van der Waals surface area contributed by atoms with Gasteiger partial charge in [0.15, 0.2) is 11.5 Å². The average Bonchev–Trinajstić information content (AvgIpc) is 2.94. The Morgan fingerprint density at radius 2 is 1.79 bits per heavy atom. The second kappa shape index (κ2) is 11.1. The number of unbranched alkanes of at least 4 members (excludes halogenated alkanes) is 2. The normalized spacial score (nSPS) is 14.4. The number of hydrogen-bond donors (Lipinski definition) is 1. The van der Waals surface area contributed by atoms with Gasteiger partial charge < -0.3 is 24.3 Å². The van der Waals surface area contributed by atoms with Crippen LogP contribution in [0.25, 0.3) is 11.1 Å². The van der Waals surface area contributed by atoms with Gasteiger partial charge in [-0.2, -0.15) is 0 Å². The lowest BCUT2D eigenvalue weighted by molar-refractivity contribution is -0.132. The molecule has 1 amide bonds. The fourth-order valence-corrected chi connectivity index (χ4v) is 4.39. The molecular weight excluding hydrogens is 422 g/mol. The van der Waals surface area contributed by atoms with Crippen molar-refractivity contribution in [3.05, 3.63) is 35.4 Å². The van der Waals surface area contributed by atoms with Crippen LogP contribution in [0.2, 0.25) is 0 Å². The fourth-order valence-electron chi connectivity index (χ4n) is 4.39. The van der Waals surface area contributed by atoms with Crippen LogP contribution in [0.15, 0.2) is 24.3 Å². The fraction of sp³-hybridized carbons (Fsp3) is 0.462. The number of nitrogens with one attached hydrogen (secondary N) is 1. The Morgan fingerprint density at radius 3 is 2.42 bits per heavy atom. The largest absolute Gasteiger partial charge is 0.493 e. The zero-order chi connectivity index (χ0) is 24.0. The van der Waals surface area contributed by atoms with E-state index in [0.717, 1.165) is 41.5 Å². The van der Waals surface area contributed by atoms with E-state index in [1.807, 2.05) is 18.2 Å². The smallest absolute Gasteiger partial charge is 0.308 e. The van der Waals surface area contributed by atoms with Crippen LogP contribution in [-0.2, 0) is 16.0 Å². The highest BCUT2D eigenvalue weighted by Gasteiger charge is 2.30. The Labute approximate surface area is 195 Å². The number of amides is 1. The van der Waals surface area contributed by atoms with Crippen LogP contribution in [0, 0.1) is 0 Å². The van der Waals surface area contributed by atoms with Gasteiger partial charge in [0.25, 0.3) is 0 Å². The van der Waals surface area contributed by atoms with E-state index in [-0.39, 0.29) is 11.9 Å². The molecule has 0 aromatic heterocycles. The highest BCUT2D eigenvalue weighted by molar-refractivity contribution is 5.84. The molecule has 7 nitrogen and oxygen atoms in total. The summed E-state index contributed by atoms with van der Waals surface area (Å²) in [6.07, 6.45) is 4.81. The first-order valence-electron chi connectivity index (χ1n) is 11.4. The zero-order valence-corrected chi connectivity index (χ0v) is 20.1. The molecule has 178 valence electrons. The van der Waals surface area contributed by atoms with E-state index < -0.39 is 5.97 Å². The van der Waals surface area contributed by atoms with E-state index in [4.69, 9.17) is 18.9 Å². The van der Waals surface area contributed by atoms with Crippen LogP contribution < -0.4 is 24.3 Å². The summed E-state index contributed by atoms with van der Waals surface area (Å²) in [5.74, 6) is 1.74. The van der Waals surface area contributed by atoms with E-state index in [2.05, 4.69) is 12.2 Å². The first-order chi connectivity index (χ1) is 15.9. The minimum absolute atomic E-state index is 0.0189. The minimum Gasteiger partial charge on any atom is -0.493 e. The van der Waals surface area contributed by atoms with Crippen LogP contribution in [0.4, 0.5) is 0 Å². The van der Waals surface area contributed by atoms with Crippen LogP contribution >= 0.6 is 0 Å². The van der Waals surface area contributed by atoms with Gasteiger partial charge in [0.1, 0.15) is 5.75 Å². The molecule has 3 rings (SSSR count). The van der Waals surface area contributed by atoms with Gasteiger partial charge in [-0.3, -0.25) is 9.59 Å². The van der Waals surface area contributed by atoms with E-state index in [1.165, 1.54) is 6.92 Å². The number of methoxy groups -OCH3 is 3. The summed E-state index contributed by atoms with van der Waals surface area (Å²) in [5, 5.41) is 3.20. The van der Waals surface area contributed by atoms with Crippen molar-refractivity contribution >= 4 is 11.9 Å². The lowest BCUT2D eigenvalue weighted by Gasteiger charge is -2.22. The van der Waals surface area contributed by atoms with Crippen LogP contribution in [0.3, 0.4) is 0 Å². The van der Waals surface area contributed by atoms with Crippen molar-refractivity contribution in [3.63, 3.8) is 0 Å². The summed E-state index contributed by atoms with van der Waals surface area (Å²) < 4.78 is 22.3. The van der Waals surface area contributed by atoms with Gasteiger partial charge in [0, 0.05) is 18.9 Å². The number of esters is 1. The molecule has 0 bridgehead atoms. The molecular formula is C26H33NO6. The SMILES string of the molecule is CCCCCC(=O)NC1CCc2cc(OC)c(OC)c(OC)c2-c2ccc(OC(C)=O)cc21. The molecule has 0 aliphatic heterocycles. The van der Waals surface area contributed by atoms with Crippen molar-refractivity contribution < 1.29 is 28.5 Å². The van der Waals surface area contributed by atoms with Gasteiger partial charge in [-0.25, -0.2) is 0 Å². The van der Waals surface area contributed by atoms with Gasteiger partial charge in [0.2, 0.25) is 11.7 Å². The maximum absolute atomic E-state index is 12.7. The van der Waals surface area contributed by atoms with Gasteiger partial charge in [-0.05, 0) is 54.2 Å². The number of hydrogen-bond acceptors (Lipinski definition) is 6. The molecule has 1 aliphatic rings. The number of rotatable bonds is 9. The van der Waals surface area contributed by atoms with Crippen LogP contribution in [0.5, 0.6) is 23.0 Å². The first kappa shape index (κ1) is 24.4. The molecule has 0 saturated heterocycles. The summed E-state index contributed by atoms with van der Waals surface area (Å²) >= 11 is 0.